The third-order valence-corrected chi connectivity index (χ3v) is 3.49. The van der Waals surface area contributed by atoms with Crippen molar-refractivity contribution >= 4 is 0 Å². The van der Waals surface area contributed by atoms with Crippen molar-refractivity contribution in [2.24, 2.45) is 5.41 Å². The fraction of sp³-hybridized carbons (Fsp3) is 0.909. The summed E-state index contributed by atoms with van der Waals surface area (Å²) in [6.07, 6.45) is 5.31. The predicted molar refractivity (Wildman–Crippen MR) is 53.8 cm³/mol. The van der Waals surface area contributed by atoms with Crippen LogP contribution in [-0.2, 0) is 4.74 Å². The Labute approximate surface area is 85.6 Å². The van der Waals surface area contributed by atoms with Crippen LogP contribution in [0.4, 0.5) is 0 Å². The van der Waals surface area contributed by atoms with Crippen LogP contribution in [0, 0.1) is 16.7 Å². The maximum absolute atomic E-state index is 9.07. The van der Waals surface area contributed by atoms with Gasteiger partial charge in [0.15, 0.2) is 0 Å². The Balaban J connectivity index is 1.87. The summed E-state index contributed by atoms with van der Waals surface area (Å²) in [5.74, 6) is 0. The van der Waals surface area contributed by atoms with Crippen LogP contribution in [0.1, 0.15) is 25.7 Å². The Bertz CT molecular complexity index is 236. The van der Waals surface area contributed by atoms with Crippen LogP contribution in [0.5, 0.6) is 0 Å². The number of hydrogen-bond acceptors (Lipinski definition) is 3. The van der Waals surface area contributed by atoms with Crippen LogP contribution in [0.3, 0.4) is 0 Å². The zero-order chi connectivity index (χ0) is 10.0. The molecule has 0 unspecified atom stereocenters. The number of rotatable bonds is 3. The lowest BCUT2D eigenvalue weighted by molar-refractivity contribution is -0.0923. The molecule has 0 amide bonds. The van der Waals surface area contributed by atoms with Crippen molar-refractivity contribution in [3.63, 3.8) is 0 Å². The number of hydrogen-bond donors (Lipinski definition) is 0. The molecule has 0 aromatic carbocycles. The number of nitrogens with zero attached hydrogens (tertiary/aromatic N) is 2. The van der Waals surface area contributed by atoms with Gasteiger partial charge in [0.2, 0.25) is 0 Å². The predicted octanol–water partition coefficient (Wildman–Crippen LogP) is 1.40. The average Bonchev–Trinajstić information content (AvgIpc) is 2.63. The first-order valence-electron chi connectivity index (χ1n) is 5.45. The molecule has 2 aliphatic rings. The SMILES string of the molecule is CN(CC1(C#N)COC1)C1CCCC1. The standard InChI is InChI=1S/C11H18N2O/c1-13(10-4-2-3-5-10)7-11(6-12)8-14-9-11/h10H,2-5,7-9H2,1H3. The third-order valence-electron chi connectivity index (χ3n) is 3.49. The molecule has 3 nitrogen and oxygen atoms in total. The monoisotopic (exact) mass is 194 g/mol. The van der Waals surface area contributed by atoms with Gasteiger partial charge in [-0.3, -0.25) is 0 Å². The zero-order valence-corrected chi connectivity index (χ0v) is 8.83. The van der Waals surface area contributed by atoms with Gasteiger partial charge in [0.1, 0.15) is 5.41 Å². The fourth-order valence-corrected chi connectivity index (χ4v) is 2.49. The van der Waals surface area contributed by atoms with E-state index in [0.29, 0.717) is 19.3 Å². The Hall–Kier alpha value is -0.590. The van der Waals surface area contributed by atoms with Crippen molar-refractivity contribution in [2.45, 2.75) is 31.7 Å². The first-order valence-corrected chi connectivity index (χ1v) is 5.45. The molecule has 1 heterocycles. The molecule has 0 aromatic heterocycles. The van der Waals surface area contributed by atoms with E-state index in [-0.39, 0.29) is 5.41 Å². The summed E-state index contributed by atoms with van der Waals surface area (Å²) in [5, 5.41) is 9.07. The summed E-state index contributed by atoms with van der Waals surface area (Å²) in [7, 11) is 2.15. The molecule has 1 aliphatic carbocycles. The van der Waals surface area contributed by atoms with Gasteiger partial charge in [-0.1, -0.05) is 12.8 Å². The maximum Gasteiger partial charge on any atom is 0.116 e. The Kier molecular flexibility index (Phi) is 2.76. The molecule has 2 rings (SSSR count). The number of ether oxygens (including phenoxy) is 1. The highest BCUT2D eigenvalue weighted by molar-refractivity contribution is 5.05. The van der Waals surface area contributed by atoms with Crippen molar-refractivity contribution in [3.05, 3.63) is 0 Å². The molecule has 1 aliphatic heterocycles. The van der Waals surface area contributed by atoms with Gasteiger partial charge in [-0.2, -0.15) is 5.26 Å². The highest BCUT2D eigenvalue weighted by atomic mass is 16.5. The molecular weight excluding hydrogens is 176 g/mol. The van der Waals surface area contributed by atoms with Gasteiger partial charge in [0.05, 0.1) is 19.3 Å². The summed E-state index contributed by atoms with van der Waals surface area (Å²) >= 11 is 0. The molecule has 1 saturated carbocycles. The maximum atomic E-state index is 9.07. The van der Waals surface area contributed by atoms with E-state index in [2.05, 4.69) is 18.0 Å². The molecule has 0 atom stereocenters. The van der Waals surface area contributed by atoms with E-state index in [9.17, 15) is 0 Å². The molecular formula is C11H18N2O. The second kappa shape index (κ2) is 3.88. The normalized spacial score (nSPS) is 26.1. The zero-order valence-electron chi connectivity index (χ0n) is 8.83. The average molecular weight is 194 g/mol. The van der Waals surface area contributed by atoms with E-state index < -0.39 is 0 Å². The summed E-state index contributed by atoms with van der Waals surface area (Å²) in [6, 6.07) is 3.11. The van der Waals surface area contributed by atoms with Crippen LogP contribution in [-0.4, -0.2) is 37.7 Å². The minimum absolute atomic E-state index is 0.197. The van der Waals surface area contributed by atoms with Gasteiger partial charge in [0, 0.05) is 12.6 Å². The first kappa shape index (κ1) is 9.95. The van der Waals surface area contributed by atoms with Crippen molar-refractivity contribution in [2.75, 3.05) is 26.8 Å². The van der Waals surface area contributed by atoms with E-state index in [1.165, 1.54) is 25.7 Å². The van der Waals surface area contributed by atoms with Gasteiger partial charge in [-0.05, 0) is 19.9 Å². The van der Waals surface area contributed by atoms with E-state index in [4.69, 9.17) is 10.00 Å². The third kappa shape index (κ3) is 1.77. The molecule has 0 spiro atoms. The number of nitriles is 1. The van der Waals surface area contributed by atoms with Crippen LogP contribution in [0.15, 0.2) is 0 Å². The largest absolute Gasteiger partial charge is 0.378 e. The minimum atomic E-state index is -0.197. The molecule has 0 N–H and O–H groups in total. The lowest BCUT2D eigenvalue weighted by atomic mass is 9.87. The lowest BCUT2D eigenvalue weighted by Gasteiger charge is -2.39. The van der Waals surface area contributed by atoms with Crippen molar-refractivity contribution in [1.82, 2.24) is 4.90 Å². The molecule has 3 heteroatoms. The van der Waals surface area contributed by atoms with Crippen molar-refractivity contribution in [3.8, 4) is 6.07 Å². The Morgan fingerprint density at radius 1 is 1.43 bits per heavy atom. The highest BCUT2D eigenvalue weighted by Crippen LogP contribution is 2.30. The molecule has 14 heavy (non-hydrogen) atoms. The Morgan fingerprint density at radius 2 is 2.07 bits per heavy atom. The topological polar surface area (TPSA) is 36.3 Å². The van der Waals surface area contributed by atoms with Gasteiger partial charge in [0.25, 0.3) is 0 Å². The van der Waals surface area contributed by atoms with Gasteiger partial charge < -0.3 is 9.64 Å². The quantitative estimate of drug-likeness (QED) is 0.681. The van der Waals surface area contributed by atoms with Crippen LogP contribution in [0.2, 0.25) is 0 Å². The van der Waals surface area contributed by atoms with E-state index in [1.54, 1.807) is 0 Å². The summed E-state index contributed by atoms with van der Waals surface area (Å²) in [5.41, 5.74) is -0.197. The first-order chi connectivity index (χ1) is 6.76. The van der Waals surface area contributed by atoms with Crippen LogP contribution >= 0.6 is 0 Å². The van der Waals surface area contributed by atoms with Crippen molar-refractivity contribution < 1.29 is 4.74 Å². The fourth-order valence-electron chi connectivity index (χ4n) is 2.49. The second-order valence-corrected chi connectivity index (χ2v) is 4.74. The molecule has 2 fully saturated rings. The van der Waals surface area contributed by atoms with Gasteiger partial charge in [-0.15, -0.1) is 0 Å². The molecule has 0 radical (unpaired) electrons. The highest BCUT2D eigenvalue weighted by Gasteiger charge is 2.41. The lowest BCUT2D eigenvalue weighted by Crippen LogP contribution is -2.50. The summed E-state index contributed by atoms with van der Waals surface area (Å²) in [6.45, 7) is 2.13. The summed E-state index contributed by atoms with van der Waals surface area (Å²) < 4.78 is 5.14. The van der Waals surface area contributed by atoms with E-state index in [0.717, 1.165) is 6.54 Å². The second-order valence-electron chi connectivity index (χ2n) is 4.74. The van der Waals surface area contributed by atoms with Crippen LogP contribution < -0.4 is 0 Å². The van der Waals surface area contributed by atoms with Gasteiger partial charge in [-0.25, -0.2) is 0 Å². The molecule has 0 aromatic rings. The molecule has 78 valence electrons. The van der Waals surface area contributed by atoms with E-state index in [1.807, 2.05) is 0 Å². The molecule has 1 saturated heterocycles. The smallest absolute Gasteiger partial charge is 0.116 e. The van der Waals surface area contributed by atoms with Crippen molar-refractivity contribution in [1.29, 1.82) is 5.26 Å². The van der Waals surface area contributed by atoms with Gasteiger partial charge >= 0.3 is 0 Å². The summed E-state index contributed by atoms with van der Waals surface area (Å²) in [4.78, 5) is 2.36. The van der Waals surface area contributed by atoms with Crippen LogP contribution in [0.25, 0.3) is 0 Å². The minimum Gasteiger partial charge on any atom is -0.378 e. The Morgan fingerprint density at radius 3 is 2.50 bits per heavy atom. The van der Waals surface area contributed by atoms with E-state index >= 15 is 0 Å². The molecule has 0 bridgehead atoms.